The first-order chi connectivity index (χ1) is 15.5. The van der Waals surface area contributed by atoms with Crippen LogP contribution in [0.4, 0.5) is 5.88 Å². The highest BCUT2D eigenvalue weighted by Crippen LogP contribution is 2.28. The number of anilines is 1. The van der Waals surface area contributed by atoms with Gasteiger partial charge in [-0.25, -0.2) is 8.42 Å². The van der Waals surface area contributed by atoms with E-state index in [1.807, 2.05) is 25.1 Å². The lowest BCUT2D eigenvalue weighted by molar-refractivity contribution is 0.0662. The molecule has 2 aliphatic heterocycles. The molecule has 1 unspecified atom stereocenters. The number of ether oxygens (including phenoxy) is 1. The third kappa shape index (κ3) is 5.28. The topological polar surface area (TPSA) is 80.1 Å². The number of rotatable bonds is 8. The number of sulfone groups is 1. The van der Waals surface area contributed by atoms with Gasteiger partial charge in [0.1, 0.15) is 11.5 Å². The van der Waals surface area contributed by atoms with Crippen molar-refractivity contribution in [2.75, 3.05) is 36.1 Å². The van der Waals surface area contributed by atoms with Crippen LogP contribution in [0.15, 0.2) is 40.8 Å². The predicted molar refractivity (Wildman–Crippen MR) is 124 cm³/mol. The van der Waals surface area contributed by atoms with Crippen molar-refractivity contribution in [2.45, 2.75) is 51.6 Å². The van der Waals surface area contributed by atoms with Gasteiger partial charge in [-0.1, -0.05) is 19.1 Å². The van der Waals surface area contributed by atoms with E-state index in [2.05, 4.69) is 4.90 Å². The molecule has 1 aromatic carbocycles. The van der Waals surface area contributed by atoms with Crippen LogP contribution in [0, 0.1) is 0 Å². The van der Waals surface area contributed by atoms with Gasteiger partial charge < -0.3 is 19.0 Å². The molecule has 8 heteroatoms. The Kier molecular flexibility index (Phi) is 7.08. The Morgan fingerprint density at radius 1 is 1.16 bits per heavy atom. The first-order valence-corrected chi connectivity index (χ1v) is 13.4. The van der Waals surface area contributed by atoms with Crippen molar-refractivity contribution in [3.63, 3.8) is 0 Å². The number of benzene rings is 1. The van der Waals surface area contributed by atoms with Gasteiger partial charge in [-0.2, -0.15) is 0 Å². The summed E-state index contributed by atoms with van der Waals surface area (Å²) in [4.78, 5) is 17.5. The van der Waals surface area contributed by atoms with E-state index in [-0.39, 0.29) is 30.0 Å². The third-order valence-electron chi connectivity index (χ3n) is 6.13. The second-order valence-corrected chi connectivity index (χ2v) is 10.9. The second kappa shape index (κ2) is 9.98. The molecule has 2 aliphatic rings. The SMILES string of the molecule is CCCOc1ccccc1C(=O)N(Cc1ccc(N2CCCCC2)o1)C1CCS(=O)(=O)C1. The molecule has 1 aromatic heterocycles. The largest absolute Gasteiger partial charge is 0.493 e. The fourth-order valence-corrected chi connectivity index (χ4v) is 6.16. The van der Waals surface area contributed by atoms with Crippen molar-refractivity contribution in [3.05, 3.63) is 47.7 Å². The van der Waals surface area contributed by atoms with E-state index in [1.165, 1.54) is 6.42 Å². The minimum Gasteiger partial charge on any atom is -0.493 e. The molecule has 174 valence electrons. The van der Waals surface area contributed by atoms with Crippen LogP contribution in [0.5, 0.6) is 5.75 Å². The van der Waals surface area contributed by atoms with Gasteiger partial charge >= 0.3 is 0 Å². The molecular weight excluding hydrogens is 428 g/mol. The highest BCUT2D eigenvalue weighted by Gasteiger charge is 2.36. The number of carbonyl (C=O) groups is 1. The number of para-hydroxylation sites is 1. The summed E-state index contributed by atoms with van der Waals surface area (Å²) in [6.07, 6.45) is 4.80. The van der Waals surface area contributed by atoms with Gasteiger partial charge in [-0.05, 0) is 50.3 Å². The molecule has 1 amide bonds. The molecule has 32 heavy (non-hydrogen) atoms. The third-order valence-corrected chi connectivity index (χ3v) is 7.88. The average Bonchev–Trinajstić information content (AvgIpc) is 3.42. The Morgan fingerprint density at radius 2 is 1.94 bits per heavy atom. The number of hydrogen-bond acceptors (Lipinski definition) is 6. The zero-order chi connectivity index (χ0) is 22.6. The highest BCUT2D eigenvalue weighted by atomic mass is 32.2. The van der Waals surface area contributed by atoms with Crippen LogP contribution in [-0.4, -0.2) is 56.5 Å². The molecule has 2 aromatic rings. The van der Waals surface area contributed by atoms with Crippen molar-refractivity contribution in [1.82, 2.24) is 4.90 Å². The van der Waals surface area contributed by atoms with Crippen LogP contribution < -0.4 is 9.64 Å². The maximum Gasteiger partial charge on any atom is 0.258 e. The van der Waals surface area contributed by atoms with Crippen LogP contribution >= 0.6 is 0 Å². The summed E-state index contributed by atoms with van der Waals surface area (Å²) < 4.78 is 36.3. The molecule has 0 spiro atoms. The number of carbonyl (C=O) groups excluding carboxylic acids is 1. The second-order valence-electron chi connectivity index (χ2n) is 8.62. The number of nitrogens with zero attached hydrogens (tertiary/aromatic N) is 2. The van der Waals surface area contributed by atoms with Crippen LogP contribution in [-0.2, 0) is 16.4 Å². The zero-order valence-electron chi connectivity index (χ0n) is 18.7. The minimum absolute atomic E-state index is 0.0174. The molecule has 7 nitrogen and oxygen atoms in total. The number of amides is 1. The van der Waals surface area contributed by atoms with Gasteiger partial charge in [0, 0.05) is 25.2 Å². The molecule has 0 radical (unpaired) electrons. The Hall–Kier alpha value is -2.48. The predicted octanol–water partition coefficient (Wildman–Crippen LogP) is 3.89. The van der Waals surface area contributed by atoms with E-state index in [4.69, 9.17) is 9.15 Å². The summed E-state index contributed by atoms with van der Waals surface area (Å²) in [5.41, 5.74) is 0.452. The van der Waals surface area contributed by atoms with Crippen LogP contribution in [0.25, 0.3) is 0 Å². The van der Waals surface area contributed by atoms with Crippen molar-refractivity contribution in [3.8, 4) is 5.75 Å². The molecule has 0 N–H and O–H groups in total. The molecule has 1 atom stereocenters. The summed E-state index contributed by atoms with van der Waals surface area (Å²) in [7, 11) is -3.15. The fraction of sp³-hybridized carbons (Fsp3) is 0.542. The molecule has 0 aliphatic carbocycles. The van der Waals surface area contributed by atoms with E-state index in [0.717, 1.165) is 38.2 Å². The highest BCUT2D eigenvalue weighted by molar-refractivity contribution is 7.91. The minimum atomic E-state index is -3.15. The Labute approximate surface area is 190 Å². The molecule has 2 saturated heterocycles. The van der Waals surface area contributed by atoms with Gasteiger partial charge in [0.15, 0.2) is 15.7 Å². The van der Waals surface area contributed by atoms with Crippen molar-refractivity contribution in [2.24, 2.45) is 0 Å². The lowest BCUT2D eigenvalue weighted by atomic mass is 10.1. The summed E-state index contributed by atoms with van der Waals surface area (Å²) in [6.45, 7) is 4.70. The van der Waals surface area contributed by atoms with Crippen molar-refractivity contribution < 1.29 is 22.4 Å². The molecule has 0 saturated carbocycles. The van der Waals surface area contributed by atoms with E-state index in [9.17, 15) is 13.2 Å². The zero-order valence-corrected chi connectivity index (χ0v) is 19.5. The van der Waals surface area contributed by atoms with E-state index < -0.39 is 9.84 Å². The monoisotopic (exact) mass is 460 g/mol. The lowest BCUT2D eigenvalue weighted by Crippen LogP contribution is -2.40. The molecule has 2 fully saturated rings. The molecule has 3 heterocycles. The van der Waals surface area contributed by atoms with Gasteiger partial charge in [-0.3, -0.25) is 4.79 Å². The average molecular weight is 461 g/mol. The van der Waals surface area contributed by atoms with Gasteiger partial charge in [-0.15, -0.1) is 0 Å². The van der Waals surface area contributed by atoms with Crippen LogP contribution in [0.1, 0.15) is 55.1 Å². The van der Waals surface area contributed by atoms with Crippen molar-refractivity contribution >= 4 is 21.6 Å². The van der Waals surface area contributed by atoms with Crippen LogP contribution in [0.3, 0.4) is 0 Å². The van der Waals surface area contributed by atoms with E-state index in [0.29, 0.717) is 30.1 Å². The Bertz CT molecular complexity index is 1030. The molecule has 4 rings (SSSR count). The van der Waals surface area contributed by atoms with Gasteiger partial charge in [0.2, 0.25) is 0 Å². The number of piperidine rings is 1. The maximum atomic E-state index is 13.6. The number of furan rings is 1. The fourth-order valence-electron chi connectivity index (χ4n) is 4.43. The van der Waals surface area contributed by atoms with Crippen LogP contribution in [0.2, 0.25) is 0 Å². The van der Waals surface area contributed by atoms with E-state index >= 15 is 0 Å². The maximum absolute atomic E-state index is 13.6. The standard InChI is InChI=1S/C24H32N2O5S/c1-2-15-30-22-9-5-4-8-21(22)24(27)26(19-12-16-32(28,29)18-19)17-20-10-11-23(31-20)25-13-6-3-7-14-25/h4-5,8-11,19H,2-3,6-7,12-18H2,1H3. The number of hydrogen-bond donors (Lipinski definition) is 0. The van der Waals surface area contributed by atoms with Gasteiger partial charge in [0.05, 0.1) is 30.2 Å². The molecule has 0 bridgehead atoms. The van der Waals surface area contributed by atoms with E-state index in [1.54, 1.807) is 23.1 Å². The first-order valence-electron chi connectivity index (χ1n) is 11.5. The summed E-state index contributed by atoms with van der Waals surface area (Å²) >= 11 is 0. The summed E-state index contributed by atoms with van der Waals surface area (Å²) in [5.74, 6) is 1.87. The smallest absolute Gasteiger partial charge is 0.258 e. The quantitative estimate of drug-likeness (QED) is 0.595. The van der Waals surface area contributed by atoms with Gasteiger partial charge in [0.25, 0.3) is 5.91 Å². The van der Waals surface area contributed by atoms with Crippen molar-refractivity contribution in [1.29, 1.82) is 0 Å². The Balaban J connectivity index is 1.59. The summed E-state index contributed by atoms with van der Waals surface area (Å²) in [6, 6.07) is 10.6. The Morgan fingerprint density at radius 3 is 2.66 bits per heavy atom. The summed E-state index contributed by atoms with van der Waals surface area (Å²) in [5, 5.41) is 0. The lowest BCUT2D eigenvalue weighted by Gasteiger charge is -2.29. The first kappa shape index (κ1) is 22.7. The normalized spacial score (nSPS) is 20.3. The molecular formula is C24H32N2O5S.